The molecular formula is C14H24N4S. The fourth-order valence-electron chi connectivity index (χ4n) is 2.32. The number of nitrogens with zero attached hydrogens (tertiary/aromatic N) is 3. The third kappa shape index (κ3) is 4.82. The highest BCUT2D eigenvalue weighted by Crippen LogP contribution is 2.12. The Kier molecular flexibility index (Phi) is 5.63. The minimum Gasteiger partial charge on any atom is -0.370 e. The van der Waals surface area contributed by atoms with Crippen molar-refractivity contribution in [1.82, 2.24) is 9.88 Å². The van der Waals surface area contributed by atoms with Crippen molar-refractivity contribution in [3.8, 4) is 0 Å². The molecule has 1 aliphatic heterocycles. The van der Waals surface area contributed by atoms with Crippen molar-refractivity contribution in [2.24, 2.45) is 10.7 Å². The highest BCUT2D eigenvalue weighted by Gasteiger charge is 2.11. The molecule has 0 bridgehead atoms. The number of piperidine rings is 1. The van der Waals surface area contributed by atoms with E-state index in [4.69, 9.17) is 5.73 Å². The average molecular weight is 280 g/mol. The lowest BCUT2D eigenvalue weighted by atomic mass is 10.1. The van der Waals surface area contributed by atoms with Crippen LogP contribution in [0.25, 0.3) is 0 Å². The van der Waals surface area contributed by atoms with Gasteiger partial charge in [-0.25, -0.2) is 4.98 Å². The summed E-state index contributed by atoms with van der Waals surface area (Å²) in [7, 11) is 0. The number of aromatic nitrogens is 1. The van der Waals surface area contributed by atoms with Crippen LogP contribution in [-0.2, 0) is 6.42 Å². The molecule has 106 valence electrons. The first-order valence-corrected chi connectivity index (χ1v) is 8.09. The molecule has 0 aliphatic carbocycles. The Labute approximate surface area is 119 Å². The second kappa shape index (κ2) is 7.48. The Morgan fingerprint density at radius 2 is 2.16 bits per heavy atom. The zero-order valence-corrected chi connectivity index (χ0v) is 12.6. The first kappa shape index (κ1) is 14.3. The van der Waals surface area contributed by atoms with E-state index in [2.05, 4.69) is 20.3 Å². The van der Waals surface area contributed by atoms with Crippen LogP contribution in [0.2, 0.25) is 0 Å². The zero-order chi connectivity index (χ0) is 13.5. The lowest BCUT2D eigenvalue weighted by molar-refractivity contribution is 0.338. The van der Waals surface area contributed by atoms with Crippen molar-refractivity contribution < 1.29 is 0 Å². The van der Waals surface area contributed by atoms with Crippen molar-refractivity contribution in [2.45, 2.75) is 45.4 Å². The number of aliphatic imine (C=N–C) groups is 1. The molecule has 5 heteroatoms. The average Bonchev–Trinajstić information content (AvgIpc) is 2.85. The largest absolute Gasteiger partial charge is 0.370 e. The summed E-state index contributed by atoms with van der Waals surface area (Å²) in [6.07, 6.45) is 7.13. The normalized spacial score (nSPS) is 16.9. The third-order valence-corrected chi connectivity index (χ3v) is 4.45. The maximum atomic E-state index is 6.01. The number of nitrogens with two attached hydrogens (primary N) is 1. The third-order valence-electron chi connectivity index (χ3n) is 3.42. The van der Waals surface area contributed by atoms with E-state index >= 15 is 0 Å². The Hall–Kier alpha value is -1.10. The summed E-state index contributed by atoms with van der Waals surface area (Å²) >= 11 is 1.76. The van der Waals surface area contributed by atoms with Crippen molar-refractivity contribution in [1.29, 1.82) is 0 Å². The molecule has 0 spiro atoms. The van der Waals surface area contributed by atoms with Gasteiger partial charge in [0, 0.05) is 30.7 Å². The Bertz CT molecular complexity index is 407. The SMILES string of the molecule is Cc1csc(CCCCN=C(N)N2CCCCC2)n1. The van der Waals surface area contributed by atoms with Gasteiger partial charge >= 0.3 is 0 Å². The molecule has 1 saturated heterocycles. The molecule has 1 fully saturated rings. The van der Waals surface area contributed by atoms with Crippen LogP contribution in [0.4, 0.5) is 0 Å². The van der Waals surface area contributed by atoms with Crippen LogP contribution in [-0.4, -0.2) is 35.5 Å². The number of rotatable bonds is 5. The van der Waals surface area contributed by atoms with Crippen LogP contribution >= 0.6 is 11.3 Å². The molecule has 2 N–H and O–H groups in total. The number of unbranched alkanes of at least 4 members (excludes halogenated alkanes) is 1. The molecule has 0 unspecified atom stereocenters. The van der Waals surface area contributed by atoms with Gasteiger partial charge < -0.3 is 10.6 Å². The first-order chi connectivity index (χ1) is 9.25. The van der Waals surface area contributed by atoms with E-state index in [1.165, 1.54) is 24.3 Å². The number of aryl methyl sites for hydroxylation is 2. The standard InChI is InChI=1S/C14H24N4S/c1-12-11-19-13(17-12)7-3-4-8-16-14(15)18-9-5-2-6-10-18/h11H,2-10H2,1H3,(H2,15,16). The van der Waals surface area contributed by atoms with Crippen LogP contribution in [0.3, 0.4) is 0 Å². The van der Waals surface area contributed by atoms with Gasteiger partial charge in [0.2, 0.25) is 0 Å². The monoisotopic (exact) mass is 280 g/mol. The zero-order valence-electron chi connectivity index (χ0n) is 11.8. The molecule has 19 heavy (non-hydrogen) atoms. The molecule has 0 amide bonds. The van der Waals surface area contributed by atoms with Crippen molar-refractivity contribution in [2.75, 3.05) is 19.6 Å². The lowest BCUT2D eigenvalue weighted by Gasteiger charge is -2.27. The quantitative estimate of drug-likeness (QED) is 0.512. The van der Waals surface area contributed by atoms with Crippen molar-refractivity contribution in [3.05, 3.63) is 16.1 Å². The number of guanidine groups is 1. The van der Waals surface area contributed by atoms with E-state index in [-0.39, 0.29) is 0 Å². The molecule has 0 saturated carbocycles. The molecular weight excluding hydrogens is 256 g/mol. The molecule has 2 heterocycles. The number of thiazole rings is 1. The van der Waals surface area contributed by atoms with E-state index < -0.39 is 0 Å². The Balaban J connectivity index is 1.62. The fourth-order valence-corrected chi connectivity index (χ4v) is 3.14. The van der Waals surface area contributed by atoms with Crippen LogP contribution in [0.15, 0.2) is 10.4 Å². The Morgan fingerprint density at radius 3 is 2.84 bits per heavy atom. The summed E-state index contributed by atoms with van der Waals surface area (Å²) in [5, 5.41) is 3.35. The maximum absolute atomic E-state index is 6.01. The van der Waals surface area contributed by atoms with E-state index in [1.807, 2.05) is 6.92 Å². The van der Waals surface area contributed by atoms with Crippen LogP contribution < -0.4 is 5.73 Å². The molecule has 0 radical (unpaired) electrons. The van der Waals surface area contributed by atoms with Gasteiger partial charge in [-0.3, -0.25) is 4.99 Å². The van der Waals surface area contributed by atoms with Gasteiger partial charge in [-0.2, -0.15) is 0 Å². The molecule has 4 nitrogen and oxygen atoms in total. The van der Waals surface area contributed by atoms with Crippen molar-refractivity contribution in [3.63, 3.8) is 0 Å². The summed E-state index contributed by atoms with van der Waals surface area (Å²) in [6, 6.07) is 0. The van der Waals surface area contributed by atoms with Crippen LogP contribution in [0.1, 0.15) is 42.8 Å². The lowest BCUT2D eigenvalue weighted by Crippen LogP contribution is -2.40. The van der Waals surface area contributed by atoms with Crippen LogP contribution in [0.5, 0.6) is 0 Å². The highest BCUT2D eigenvalue weighted by atomic mass is 32.1. The van der Waals surface area contributed by atoms with Gasteiger partial charge in [-0.1, -0.05) is 0 Å². The topological polar surface area (TPSA) is 54.5 Å². The van der Waals surface area contributed by atoms with Gasteiger partial charge in [0.15, 0.2) is 5.96 Å². The second-order valence-corrected chi connectivity index (χ2v) is 6.07. The second-order valence-electron chi connectivity index (χ2n) is 5.13. The Morgan fingerprint density at radius 1 is 1.37 bits per heavy atom. The van der Waals surface area contributed by atoms with Gasteiger partial charge in [0.05, 0.1) is 5.01 Å². The summed E-state index contributed by atoms with van der Waals surface area (Å²) in [4.78, 5) is 11.2. The molecule has 1 aliphatic rings. The molecule has 2 rings (SSSR count). The van der Waals surface area contributed by atoms with Gasteiger partial charge in [0.1, 0.15) is 0 Å². The van der Waals surface area contributed by atoms with E-state index in [1.54, 1.807) is 11.3 Å². The minimum atomic E-state index is 0.741. The summed E-state index contributed by atoms with van der Waals surface area (Å²) in [5.41, 5.74) is 7.14. The number of likely N-dealkylation sites (tertiary alicyclic amines) is 1. The summed E-state index contributed by atoms with van der Waals surface area (Å²) in [6.45, 7) is 5.04. The van der Waals surface area contributed by atoms with Gasteiger partial charge in [-0.15, -0.1) is 11.3 Å². The summed E-state index contributed by atoms with van der Waals surface area (Å²) in [5.74, 6) is 0.741. The molecule has 0 aromatic carbocycles. The van der Waals surface area contributed by atoms with Gasteiger partial charge in [-0.05, 0) is 45.4 Å². The number of hydrogen-bond donors (Lipinski definition) is 1. The minimum absolute atomic E-state index is 0.741. The van der Waals surface area contributed by atoms with E-state index in [0.717, 1.165) is 50.6 Å². The molecule has 1 aromatic rings. The summed E-state index contributed by atoms with van der Waals surface area (Å²) < 4.78 is 0. The maximum Gasteiger partial charge on any atom is 0.191 e. The van der Waals surface area contributed by atoms with Crippen molar-refractivity contribution >= 4 is 17.3 Å². The van der Waals surface area contributed by atoms with Crippen LogP contribution in [0, 0.1) is 6.92 Å². The smallest absolute Gasteiger partial charge is 0.191 e. The first-order valence-electron chi connectivity index (χ1n) is 7.21. The van der Waals surface area contributed by atoms with E-state index in [9.17, 15) is 0 Å². The number of hydrogen-bond acceptors (Lipinski definition) is 3. The molecule has 0 atom stereocenters. The predicted molar refractivity (Wildman–Crippen MR) is 81.7 cm³/mol. The fraction of sp³-hybridized carbons (Fsp3) is 0.714. The molecule has 1 aromatic heterocycles. The van der Waals surface area contributed by atoms with Gasteiger partial charge in [0.25, 0.3) is 0 Å². The predicted octanol–water partition coefficient (Wildman–Crippen LogP) is 2.57. The highest BCUT2D eigenvalue weighted by molar-refractivity contribution is 7.09. The van der Waals surface area contributed by atoms with E-state index in [0.29, 0.717) is 0 Å².